The summed E-state index contributed by atoms with van der Waals surface area (Å²) >= 11 is 0. The molecule has 15 heavy (non-hydrogen) atoms. The summed E-state index contributed by atoms with van der Waals surface area (Å²) in [5, 5.41) is 8.46. The van der Waals surface area contributed by atoms with Crippen LogP contribution in [0.5, 0.6) is 5.75 Å². The third kappa shape index (κ3) is 3.99. The molecule has 0 saturated carbocycles. The summed E-state index contributed by atoms with van der Waals surface area (Å²) in [5.74, 6) is 0.414. The van der Waals surface area contributed by atoms with E-state index < -0.39 is 0 Å². The number of benzene rings is 1. The Kier molecular flexibility index (Phi) is 4.63. The second-order valence-corrected chi connectivity index (χ2v) is 2.97. The van der Waals surface area contributed by atoms with E-state index in [2.05, 4.69) is 0 Å². The molecular formula is C11H14O4. The van der Waals surface area contributed by atoms with Crippen molar-refractivity contribution in [3.8, 4) is 5.75 Å². The van der Waals surface area contributed by atoms with Gasteiger partial charge in [-0.05, 0) is 17.7 Å². The fraction of sp³-hybridized carbons (Fsp3) is 0.364. The molecule has 0 aromatic heterocycles. The maximum absolute atomic E-state index is 11.2. The van der Waals surface area contributed by atoms with E-state index in [1.54, 1.807) is 31.4 Å². The summed E-state index contributed by atoms with van der Waals surface area (Å²) in [6.45, 7) is -0.0939. The van der Waals surface area contributed by atoms with Crippen molar-refractivity contribution >= 4 is 5.97 Å². The topological polar surface area (TPSA) is 55.8 Å². The van der Waals surface area contributed by atoms with Gasteiger partial charge in [-0.2, -0.15) is 0 Å². The number of rotatable bonds is 5. The van der Waals surface area contributed by atoms with Crippen molar-refractivity contribution in [3.05, 3.63) is 29.8 Å². The van der Waals surface area contributed by atoms with Gasteiger partial charge in [0.1, 0.15) is 12.4 Å². The first kappa shape index (κ1) is 11.5. The minimum atomic E-state index is -0.339. The summed E-state index contributed by atoms with van der Waals surface area (Å²) in [6.07, 6.45) is 0.212. The Labute approximate surface area is 88.4 Å². The molecule has 1 rings (SSSR count). The van der Waals surface area contributed by atoms with E-state index in [-0.39, 0.29) is 25.6 Å². The summed E-state index contributed by atoms with van der Waals surface area (Å²) in [4.78, 5) is 11.2. The van der Waals surface area contributed by atoms with Crippen molar-refractivity contribution in [2.45, 2.75) is 6.42 Å². The van der Waals surface area contributed by atoms with Crippen LogP contribution in [-0.4, -0.2) is 31.4 Å². The van der Waals surface area contributed by atoms with Gasteiger partial charge >= 0.3 is 5.97 Å². The Morgan fingerprint density at radius 3 is 2.53 bits per heavy atom. The number of ether oxygens (including phenoxy) is 2. The fourth-order valence-corrected chi connectivity index (χ4v) is 1.12. The maximum atomic E-state index is 11.2. The van der Waals surface area contributed by atoms with Crippen molar-refractivity contribution in [3.63, 3.8) is 0 Å². The number of hydrogen-bond donors (Lipinski definition) is 1. The molecule has 1 N–H and O–H groups in total. The first-order chi connectivity index (χ1) is 7.26. The average molecular weight is 210 g/mol. The number of aliphatic hydroxyl groups excluding tert-OH is 1. The summed E-state index contributed by atoms with van der Waals surface area (Å²) in [5.41, 5.74) is 0.860. The average Bonchev–Trinajstić information content (AvgIpc) is 2.27. The predicted molar refractivity (Wildman–Crippen MR) is 54.7 cm³/mol. The lowest BCUT2D eigenvalue weighted by molar-refractivity contribution is -0.143. The second kappa shape index (κ2) is 6.03. The molecule has 4 heteroatoms. The van der Waals surface area contributed by atoms with E-state index in [0.29, 0.717) is 0 Å². The Bertz CT molecular complexity index is 305. The highest BCUT2D eigenvalue weighted by molar-refractivity contribution is 5.72. The third-order valence-electron chi connectivity index (χ3n) is 1.86. The quantitative estimate of drug-likeness (QED) is 0.729. The summed E-state index contributed by atoms with van der Waals surface area (Å²) in [6, 6.07) is 7.18. The number of aliphatic hydroxyl groups is 1. The zero-order valence-electron chi connectivity index (χ0n) is 8.60. The molecular weight excluding hydrogens is 196 g/mol. The maximum Gasteiger partial charge on any atom is 0.310 e. The van der Waals surface area contributed by atoms with Gasteiger partial charge in [-0.15, -0.1) is 0 Å². The lowest BCUT2D eigenvalue weighted by Crippen LogP contribution is -2.10. The van der Waals surface area contributed by atoms with Crippen molar-refractivity contribution < 1.29 is 19.4 Å². The molecule has 0 saturated heterocycles. The number of esters is 1. The van der Waals surface area contributed by atoms with Gasteiger partial charge in [0.15, 0.2) is 0 Å². The van der Waals surface area contributed by atoms with Gasteiger partial charge in [-0.1, -0.05) is 12.1 Å². The first-order valence-corrected chi connectivity index (χ1v) is 4.65. The highest BCUT2D eigenvalue weighted by Gasteiger charge is 2.04. The van der Waals surface area contributed by atoms with Gasteiger partial charge in [0.05, 0.1) is 20.1 Å². The van der Waals surface area contributed by atoms with Crippen molar-refractivity contribution in [1.82, 2.24) is 0 Å². The van der Waals surface area contributed by atoms with E-state index in [4.69, 9.17) is 14.6 Å². The van der Waals surface area contributed by atoms with Gasteiger partial charge in [-0.25, -0.2) is 0 Å². The van der Waals surface area contributed by atoms with Gasteiger partial charge in [0.25, 0.3) is 0 Å². The van der Waals surface area contributed by atoms with Gasteiger partial charge in [-0.3, -0.25) is 4.79 Å². The number of hydrogen-bond acceptors (Lipinski definition) is 4. The molecule has 0 aliphatic rings. The van der Waals surface area contributed by atoms with Crippen molar-refractivity contribution in [2.75, 3.05) is 20.3 Å². The van der Waals surface area contributed by atoms with Crippen LogP contribution in [0.25, 0.3) is 0 Å². The fourth-order valence-electron chi connectivity index (χ4n) is 1.12. The molecule has 4 nitrogen and oxygen atoms in total. The van der Waals surface area contributed by atoms with Crippen LogP contribution in [0.15, 0.2) is 24.3 Å². The van der Waals surface area contributed by atoms with Crippen LogP contribution >= 0.6 is 0 Å². The number of carbonyl (C=O) groups excluding carboxylic acids is 1. The van der Waals surface area contributed by atoms with Crippen molar-refractivity contribution in [2.24, 2.45) is 0 Å². The molecule has 0 aliphatic carbocycles. The Morgan fingerprint density at radius 1 is 1.33 bits per heavy atom. The van der Waals surface area contributed by atoms with E-state index >= 15 is 0 Å². The minimum absolute atomic E-state index is 0.0506. The Balaban J connectivity index is 2.46. The van der Waals surface area contributed by atoms with Crippen LogP contribution < -0.4 is 4.74 Å². The molecule has 0 aliphatic heterocycles. The molecule has 0 amide bonds. The highest BCUT2D eigenvalue weighted by atomic mass is 16.5. The van der Waals surface area contributed by atoms with E-state index in [1.165, 1.54) is 0 Å². The summed E-state index contributed by atoms with van der Waals surface area (Å²) < 4.78 is 9.72. The highest BCUT2D eigenvalue weighted by Crippen LogP contribution is 2.11. The lowest BCUT2D eigenvalue weighted by Gasteiger charge is -2.04. The standard InChI is InChI=1S/C11H14O4/c1-14-10-4-2-9(3-5-10)8-11(13)15-7-6-12/h2-5,12H,6-8H2,1H3. The predicted octanol–water partition coefficient (Wildman–Crippen LogP) is 0.773. The SMILES string of the molecule is COc1ccc(CC(=O)OCCO)cc1. The van der Waals surface area contributed by atoms with E-state index in [0.717, 1.165) is 11.3 Å². The van der Waals surface area contributed by atoms with Gasteiger partial charge in [0.2, 0.25) is 0 Å². The normalized spacial score (nSPS) is 9.73. The van der Waals surface area contributed by atoms with Crippen molar-refractivity contribution in [1.29, 1.82) is 0 Å². The smallest absolute Gasteiger partial charge is 0.310 e. The molecule has 0 unspecified atom stereocenters. The molecule has 82 valence electrons. The molecule has 0 radical (unpaired) electrons. The van der Waals surface area contributed by atoms with Crippen LogP contribution in [0.1, 0.15) is 5.56 Å². The molecule has 1 aromatic rings. The molecule has 0 spiro atoms. The van der Waals surface area contributed by atoms with Crippen LogP contribution in [0.2, 0.25) is 0 Å². The largest absolute Gasteiger partial charge is 0.497 e. The minimum Gasteiger partial charge on any atom is -0.497 e. The number of carbonyl (C=O) groups is 1. The monoisotopic (exact) mass is 210 g/mol. The zero-order valence-corrected chi connectivity index (χ0v) is 8.60. The van der Waals surface area contributed by atoms with Crippen LogP contribution in [0.3, 0.4) is 0 Å². The van der Waals surface area contributed by atoms with Crippen LogP contribution in [-0.2, 0) is 16.0 Å². The second-order valence-electron chi connectivity index (χ2n) is 2.97. The van der Waals surface area contributed by atoms with E-state index in [1.807, 2.05) is 0 Å². The van der Waals surface area contributed by atoms with Gasteiger partial charge < -0.3 is 14.6 Å². The summed E-state index contributed by atoms with van der Waals surface area (Å²) in [7, 11) is 1.59. The molecule has 0 fully saturated rings. The van der Waals surface area contributed by atoms with E-state index in [9.17, 15) is 4.79 Å². The third-order valence-corrected chi connectivity index (χ3v) is 1.86. The molecule has 0 atom stereocenters. The molecule has 1 aromatic carbocycles. The number of methoxy groups -OCH3 is 1. The first-order valence-electron chi connectivity index (χ1n) is 4.65. The lowest BCUT2D eigenvalue weighted by atomic mass is 10.1. The molecule has 0 heterocycles. The van der Waals surface area contributed by atoms with Crippen LogP contribution in [0.4, 0.5) is 0 Å². The molecule has 0 bridgehead atoms. The Hall–Kier alpha value is -1.55. The van der Waals surface area contributed by atoms with Gasteiger partial charge in [0, 0.05) is 0 Å². The Morgan fingerprint density at radius 2 is 2.00 bits per heavy atom. The zero-order chi connectivity index (χ0) is 11.1. The van der Waals surface area contributed by atoms with Crippen LogP contribution in [0, 0.1) is 0 Å².